The summed E-state index contributed by atoms with van der Waals surface area (Å²) in [5, 5.41) is 7.65. The van der Waals surface area contributed by atoms with Crippen molar-refractivity contribution in [3.63, 3.8) is 0 Å². The second kappa shape index (κ2) is 7.34. The first kappa shape index (κ1) is 18.4. The Morgan fingerprint density at radius 3 is 2.46 bits per heavy atom. The van der Waals surface area contributed by atoms with Gasteiger partial charge in [-0.2, -0.15) is 0 Å². The average molecular weight is 351 g/mol. The molecule has 1 aromatic heterocycles. The predicted molar refractivity (Wildman–Crippen MR) is 93.6 cm³/mol. The topological polar surface area (TPSA) is 78.5 Å². The standard InChI is InChI=1S/C17H25N3O3S/c1-5-17(6-2)15(22)20(16(23)19-17)10-13(21)18-14(11(3)4)12-8-7-9-24-12/h7-9,11,14H,5-6,10H2,1-4H3,(H,18,21)(H,19,23). The molecule has 2 heterocycles. The molecule has 1 saturated heterocycles. The Morgan fingerprint density at radius 1 is 1.33 bits per heavy atom. The van der Waals surface area contributed by atoms with Gasteiger partial charge in [0.1, 0.15) is 12.1 Å². The summed E-state index contributed by atoms with van der Waals surface area (Å²) in [6.07, 6.45) is 1.02. The van der Waals surface area contributed by atoms with Crippen LogP contribution in [0.15, 0.2) is 17.5 Å². The normalized spacial score (nSPS) is 18.0. The molecule has 4 amide bonds. The largest absolute Gasteiger partial charge is 0.347 e. The van der Waals surface area contributed by atoms with Gasteiger partial charge in [0.15, 0.2) is 0 Å². The molecule has 1 aliphatic rings. The minimum atomic E-state index is -0.872. The van der Waals surface area contributed by atoms with Gasteiger partial charge in [-0.15, -0.1) is 11.3 Å². The summed E-state index contributed by atoms with van der Waals surface area (Å²) in [6.45, 7) is 7.52. The van der Waals surface area contributed by atoms with Gasteiger partial charge in [0.2, 0.25) is 5.91 Å². The Bertz CT molecular complexity index is 609. The highest BCUT2D eigenvalue weighted by molar-refractivity contribution is 7.10. The molecule has 132 valence electrons. The molecule has 1 fully saturated rings. The number of nitrogens with one attached hydrogen (secondary N) is 2. The lowest BCUT2D eigenvalue weighted by molar-refractivity contribution is -0.135. The van der Waals surface area contributed by atoms with E-state index in [1.54, 1.807) is 11.3 Å². The summed E-state index contributed by atoms with van der Waals surface area (Å²) in [6, 6.07) is 3.30. The highest BCUT2D eigenvalue weighted by Crippen LogP contribution is 2.27. The van der Waals surface area contributed by atoms with Crippen molar-refractivity contribution >= 4 is 29.2 Å². The van der Waals surface area contributed by atoms with Crippen LogP contribution in [0.25, 0.3) is 0 Å². The molecule has 0 saturated carbocycles. The van der Waals surface area contributed by atoms with Crippen LogP contribution in [0.1, 0.15) is 51.5 Å². The Hall–Kier alpha value is -1.89. The molecule has 0 aromatic carbocycles. The zero-order chi connectivity index (χ0) is 17.9. The van der Waals surface area contributed by atoms with E-state index in [0.717, 1.165) is 9.78 Å². The van der Waals surface area contributed by atoms with Crippen LogP contribution in [-0.2, 0) is 9.59 Å². The molecular formula is C17H25N3O3S. The molecule has 7 heteroatoms. The third-order valence-corrected chi connectivity index (χ3v) is 5.54. The smallest absolute Gasteiger partial charge is 0.325 e. The molecule has 2 rings (SSSR count). The van der Waals surface area contributed by atoms with Crippen molar-refractivity contribution in [2.24, 2.45) is 5.92 Å². The molecule has 1 unspecified atom stereocenters. The van der Waals surface area contributed by atoms with Gasteiger partial charge in [-0.3, -0.25) is 14.5 Å². The van der Waals surface area contributed by atoms with Gasteiger partial charge in [-0.1, -0.05) is 33.8 Å². The van der Waals surface area contributed by atoms with Crippen molar-refractivity contribution in [2.75, 3.05) is 6.54 Å². The molecule has 0 spiro atoms. The fourth-order valence-electron chi connectivity index (χ4n) is 2.95. The SMILES string of the molecule is CCC1(CC)NC(=O)N(CC(=O)NC(c2cccs2)C(C)C)C1=O. The number of rotatable bonds is 7. The van der Waals surface area contributed by atoms with Crippen molar-refractivity contribution in [3.05, 3.63) is 22.4 Å². The monoisotopic (exact) mass is 351 g/mol. The summed E-state index contributed by atoms with van der Waals surface area (Å²) in [5.41, 5.74) is -0.872. The Labute approximate surface area is 146 Å². The van der Waals surface area contributed by atoms with Crippen LogP contribution in [0, 0.1) is 5.92 Å². The van der Waals surface area contributed by atoms with Gasteiger partial charge in [0.25, 0.3) is 5.91 Å². The average Bonchev–Trinajstić information content (AvgIpc) is 3.15. The zero-order valence-corrected chi connectivity index (χ0v) is 15.4. The predicted octanol–water partition coefficient (Wildman–Crippen LogP) is 2.67. The van der Waals surface area contributed by atoms with Gasteiger partial charge in [0.05, 0.1) is 6.04 Å². The van der Waals surface area contributed by atoms with E-state index < -0.39 is 11.6 Å². The lowest BCUT2D eigenvalue weighted by atomic mass is 9.93. The van der Waals surface area contributed by atoms with E-state index in [-0.39, 0.29) is 30.3 Å². The first-order valence-corrected chi connectivity index (χ1v) is 9.19. The number of hydrogen-bond donors (Lipinski definition) is 2. The highest BCUT2D eigenvalue weighted by Gasteiger charge is 2.49. The summed E-state index contributed by atoms with van der Waals surface area (Å²) in [4.78, 5) is 39.2. The number of hydrogen-bond acceptors (Lipinski definition) is 4. The van der Waals surface area contributed by atoms with Crippen LogP contribution in [0.5, 0.6) is 0 Å². The van der Waals surface area contributed by atoms with Crippen molar-refractivity contribution in [1.82, 2.24) is 15.5 Å². The van der Waals surface area contributed by atoms with Gasteiger partial charge in [0, 0.05) is 4.88 Å². The van der Waals surface area contributed by atoms with Crippen molar-refractivity contribution in [1.29, 1.82) is 0 Å². The third-order valence-electron chi connectivity index (χ3n) is 4.59. The zero-order valence-electron chi connectivity index (χ0n) is 14.6. The van der Waals surface area contributed by atoms with E-state index in [0.29, 0.717) is 12.8 Å². The van der Waals surface area contributed by atoms with Gasteiger partial charge >= 0.3 is 6.03 Å². The highest BCUT2D eigenvalue weighted by atomic mass is 32.1. The summed E-state index contributed by atoms with van der Waals surface area (Å²) in [7, 11) is 0. The van der Waals surface area contributed by atoms with E-state index >= 15 is 0 Å². The van der Waals surface area contributed by atoms with E-state index in [1.807, 2.05) is 45.2 Å². The minimum absolute atomic E-state index is 0.125. The first-order chi connectivity index (χ1) is 11.3. The molecule has 1 atom stereocenters. The summed E-state index contributed by atoms with van der Waals surface area (Å²) in [5.74, 6) is -0.431. The van der Waals surface area contributed by atoms with E-state index in [9.17, 15) is 14.4 Å². The number of thiophene rings is 1. The maximum Gasteiger partial charge on any atom is 0.325 e. The van der Waals surface area contributed by atoms with Crippen LogP contribution < -0.4 is 10.6 Å². The maximum absolute atomic E-state index is 12.5. The molecule has 1 aromatic rings. The number of carbonyl (C=O) groups excluding carboxylic acids is 3. The lowest BCUT2D eigenvalue weighted by Gasteiger charge is -2.24. The Balaban J connectivity index is 2.06. The minimum Gasteiger partial charge on any atom is -0.347 e. The number of amides is 4. The van der Waals surface area contributed by atoms with Gasteiger partial charge < -0.3 is 10.6 Å². The first-order valence-electron chi connectivity index (χ1n) is 8.31. The third kappa shape index (κ3) is 3.45. The maximum atomic E-state index is 12.5. The summed E-state index contributed by atoms with van der Waals surface area (Å²) < 4.78 is 0. The molecule has 24 heavy (non-hydrogen) atoms. The number of imide groups is 1. The fourth-order valence-corrected chi connectivity index (χ4v) is 3.90. The van der Waals surface area contributed by atoms with Crippen molar-refractivity contribution in [3.8, 4) is 0 Å². The van der Waals surface area contributed by atoms with Gasteiger partial charge in [-0.25, -0.2) is 4.79 Å². The fraction of sp³-hybridized carbons (Fsp3) is 0.588. The van der Waals surface area contributed by atoms with Crippen LogP contribution in [0.4, 0.5) is 4.79 Å². The van der Waals surface area contributed by atoms with Gasteiger partial charge in [-0.05, 0) is 30.2 Å². The number of urea groups is 1. The molecule has 0 aliphatic carbocycles. The summed E-state index contributed by atoms with van der Waals surface area (Å²) >= 11 is 1.58. The number of nitrogens with zero attached hydrogens (tertiary/aromatic N) is 1. The van der Waals surface area contributed by atoms with Crippen LogP contribution in [0.2, 0.25) is 0 Å². The molecule has 6 nitrogen and oxygen atoms in total. The quantitative estimate of drug-likeness (QED) is 0.741. The Kier molecular flexibility index (Phi) is 5.64. The van der Waals surface area contributed by atoms with Crippen LogP contribution in [0.3, 0.4) is 0 Å². The van der Waals surface area contributed by atoms with E-state index in [4.69, 9.17) is 0 Å². The Morgan fingerprint density at radius 2 is 2.00 bits per heavy atom. The van der Waals surface area contributed by atoms with Crippen molar-refractivity contribution in [2.45, 2.75) is 52.1 Å². The molecule has 1 aliphatic heterocycles. The number of carbonyl (C=O) groups is 3. The van der Waals surface area contributed by atoms with Crippen molar-refractivity contribution < 1.29 is 14.4 Å². The second-order valence-electron chi connectivity index (χ2n) is 6.42. The van der Waals surface area contributed by atoms with E-state index in [1.165, 1.54) is 0 Å². The van der Waals surface area contributed by atoms with E-state index in [2.05, 4.69) is 10.6 Å². The molecular weight excluding hydrogens is 326 g/mol. The second-order valence-corrected chi connectivity index (χ2v) is 7.39. The van der Waals surface area contributed by atoms with Crippen LogP contribution in [-0.4, -0.2) is 34.8 Å². The molecule has 0 radical (unpaired) electrons. The molecule has 2 N–H and O–H groups in total. The lowest BCUT2D eigenvalue weighted by Crippen LogP contribution is -2.47. The van der Waals surface area contributed by atoms with Crippen LogP contribution >= 0.6 is 11.3 Å². The molecule has 0 bridgehead atoms.